The number of carbonyl (C=O) groups is 2. The third kappa shape index (κ3) is 3.72. The topological polar surface area (TPSA) is 71.2 Å². The number of benzene rings is 1. The van der Waals surface area contributed by atoms with Crippen molar-refractivity contribution in [1.82, 2.24) is 10.3 Å². The van der Waals surface area contributed by atoms with Gasteiger partial charge < -0.3 is 15.0 Å². The van der Waals surface area contributed by atoms with Crippen LogP contribution in [0.3, 0.4) is 0 Å². The van der Waals surface area contributed by atoms with Gasteiger partial charge in [-0.25, -0.2) is 0 Å². The highest BCUT2D eigenvalue weighted by Crippen LogP contribution is 2.41. The number of rotatable bonds is 4. The minimum Gasteiger partial charge on any atom is -0.425 e. The molecule has 8 heteroatoms. The van der Waals surface area contributed by atoms with E-state index in [1.54, 1.807) is 6.07 Å². The number of aromatic amines is 1. The van der Waals surface area contributed by atoms with Crippen molar-refractivity contribution in [3.05, 3.63) is 25.2 Å². The van der Waals surface area contributed by atoms with Crippen LogP contribution in [0.2, 0.25) is 0 Å². The second-order valence-electron chi connectivity index (χ2n) is 4.67. The maximum atomic E-state index is 11.2. The lowest BCUT2D eigenvalue weighted by Crippen LogP contribution is -2.22. The number of hydrogen-bond acceptors (Lipinski definition) is 3. The predicted molar refractivity (Wildman–Crippen MR) is 95.1 cm³/mol. The van der Waals surface area contributed by atoms with Crippen molar-refractivity contribution in [2.24, 2.45) is 0 Å². The van der Waals surface area contributed by atoms with Gasteiger partial charge in [-0.3, -0.25) is 9.59 Å². The Morgan fingerprint density at radius 1 is 1.23 bits per heavy atom. The van der Waals surface area contributed by atoms with Crippen LogP contribution in [0.15, 0.2) is 19.6 Å². The molecule has 0 saturated carbocycles. The van der Waals surface area contributed by atoms with Crippen LogP contribution in [-0.4, -0.2) is 23.4 Å². The lowest BCUT2D eigenvalue weighted by molar-refractivity contribution is -0.132. The van der Waals surface area contributed by atoms with Gasteiger partial charge in [0, 0.05) is 25.8 Å². The van der Waals surface area contributed by atoms with Crippen LogP contribution < -0.4 is 10.1 Å². The van der Waals surface area contributed by atoms with Crippen LogP contribution in [0.5, 0.6) is 5.75 Å². The first-order valence-electron chi connectivity index (χ1n) is 6.42. The summed E-state index contributed by atoms with van der Waals surface area (Å²) in [5.74, 6) is -0.0130. The van der Waals surface area contributed by atoms with Crippen LogP contribution in [0, 0.1) is 0 Å². The smallest absolute Gasteiger partial charge is 0.308 e. The van der Waals surface area contributed by atoms with Crippen molar-refractivity contribution in [3.63, 3.8) is 0 Å². The largest absolute Gasteiger partial charge is 0.425 e. The van der Waals surface area contributed by atoms with Gasteiger partial charge in [0.25, 0.3) is 0 Å². The second kappa shape index (κ2) is 7.14. The summed E-state index contributed by atoms with van der Waals surface area (Å²) in [6.07, 6.45) is 0.647. The molecule has 0 unspecified atom stereocenters. The van der Waals surface area contributed by atoms with Crippen molar-refractivity contribution < 1.29 is 14.3 Å². The minimum atomic E-state index is -0.388. The van der Waals surface area contributed by atoms with E-state index in [9.17, 15) is 9.59 Å². The number of hydrogen-bond donors (Lipinski definition) is 2. The lowest BCUT2D eigenvalue weighted by Gasteiger charge is -2.08. The lowest BCUT2D eigenvalue weighted by atomic mass is 10.1. The molecular weight excluding hydrogens is 484 g/mol. The average Bonchev–Trinajstić information content (AvgIpc) is 2.72. The van der Waals surface area contributed by atoms with Gasteiger partial charge in [-0.1, -0.05) is 0 Å². The number of fused-ring (bicyclic) bond motifs is 1. The van der Waals surface area contributed by atoms with Gasteiger partial charge in [0.15, 0.2) is 0 Å². The molecule has 2 aromatic rings. The molecule has 5 nitrogen and oxygen atoms in total. The molecule has 0 aliphatic heterocycles. The summed E-state index contributed by atoms with van der Waals surface area (Å²) in [6, 6.07) is 1.80. The molecule has 0 fully saturated rings. The fraction of sp³-hybridized carbons (Fsp3) is 0.286. The third-order valence-electron chi connectivity index (χ3n) is 3.00. The summed E-state index contributed by atoms with van der Waals surface area (Å²) >= 11 is 10.4. The number of carbonyl (C=O) groups excluding carboxylic acids is 2. The Morgan fingerprint density at radius 2 is 1.91 bits per heavy atom. The fourth-order valence-electron chi connectivity index (χ4n) is 2.10. The van der Waals surface area contributed by atoms with E-state index in [-0.39, 0.29) is 11.9 Å². The van der Waals surface area contributed by atoms with Gasteiger partial charge in [-0.05, 0) is 65.8 Å². The van der Waals surface area contributed by atoms with E-state index in [1.165, 1.54) is 13.8 Å². The summed E-state index contributed by atoms with van der Waals surface area (Å²) in [7, 11) is 0. The summed E-state index contributed by atoms with van der Waals surface area (Å²) < 4.78 is 7.50. The minimum absolute atomic E-state index is 0.0690. The third-order valence-corrected chi connectivity index (χ3v) is 5.79. The Balaban J connectivity index is 2.48. The second-order valence-corrected chi connectivity index (χ2v) is 7.05. The van der Waals surface area contributed by atoms with E-state index < -0.39 is 0 Å². The number of nitrogens with one attached hydrogen (secondary N) is 2. The van der Waals surface area contributed by atoms with E-state index in [2.05, 4.69) is 58.1 Å². The molecule has 2 N–H and O–H groups in total. The van der Waals surface area contributed by atoms with E-state index in [1.807, 2.05) is 0 Å². The summed E-state index contributed by atoms with van der Waals surface area (Å²) in [5, 5.41) is 3.69. The Hall–Kier alpha value is -0.860. The zero-order valence-electron chi connectivity index (χ0n) is 11.9. The SMILES string of the molecule is CC(=O)NCCc1c(Br)[nH]c2c(Br)c(Br)c(OC(C)=O)cc12. The highest BCUT2D eigenvalue weighted by Gasteiger charge is 2.18. The highest BCUT2D eigenvalue weighted by atomic mass is 79.9. The maximum absolute atomic E-state index is 11.2. The van der Waals surface area contributed by atoms with E-state index in [0.717, 1.165) is 25.5 Å². The predicted octanol–water partition coefficient (Wildman–Crippen LogP) is 4.06. The Kier molecular flexibility index (Phi) is 5.68. The van der Waals surface area contributed by atoms with Gasteiger partial charge >= 0.3 is 5.97 Å². The molecule has 0 bridgehead atoms. The molecule has 2 rings (SSSR count). The standard InChI is InChI=1S/C14H13Br3N2O3/c1-6(20)18-4-3-8-9-5-10(22-7(2)21)11(15)12(16)13(9)19-14(8)17/h5,19H,3-4H2,1-2H3,(H,18,20). The highest BCUT2D eigenvalue weighted by molar-refractivity contribution is 9.13. The molecule has 0 saturated heterocycles. The van der Waals surface area contributed by atoms with Gasteiger partial charge in [-0.2, -0.15) is 0 Å². The number of ether oxygens (including phenoxy) is 1. The van der Waals surface area contributed by atoms with Crippen molar-refractivity contribution in [1.29, 1.82) is 0 Å². The van der Waals surface area contributed by atoms with Crippen molar-refractivity contribution in [3.8, 4) is 5.75 Å². The van der Waals surface area contributed by atoms with Gasteiger partial charge in [0.2, 0.25) is 5.91 Å². The number of halogens is 3. The molecule has 0 radical (unpaired) electrons. The van der Waals surface area contributed by atoms with E-state index in [0.29, 0.717) is 23.2 Å². The molecule has 118 valence electrons. The van der Waals surface area contributed by atoms with Crippen LogP contribution in [0.4, 0.5) is 0 Å². The first-order chi connectivity index (χ1) is 10.3. The first kappa shape index (κ1) is 17.5. The van der Waals surface area contributed by atoms with Crippen LogP contribution >= 0.6 is 47.8 Å². The average molecular weight is 497 g/mol. The molecule has 1 aromatic heterocycles. The molecular formula is C14H13Br3N2O3. The van der Waals surface area contributed by atoms with Crippen molar-refractivity contribution >= 4 is 70.6 Å². The monoisotopic (exact) mass is 494 g/mol. The maximum Gasteiger partial charge on any atom is 0.308 e. The Labute approximate surface area is 152 Å². The van der Waals surface area contributed by atoms with Crippen LogP contribution in [-0.2, 0) is 16.0 Å². The van der Waals surface area contributed by atoms with Gasteiger partial charge in [0.1, 0.15) is 5.75 Å². The fourth-order valence-corrected chi connectivity index (χ4v) is 3.62. The van der Waals surface area contributed by atoms with Gasteiger partial charge in [0.05, 0.1) is 19.1 Å². The molecule has 1 heterocycles. The van der Waals surface area contributed by atoms with Crippen LogP contribution in [0.25, 0.3) is 10.9 Å². The zero-order valence-corrected chi connectivity index (χ0v) is 16.6. The molecule has 0 aliphatic rings. The number of aromatic nitrogens is 1. The molecule has 0 atom stereocenters. The number of amides is 1. The molecule has 0 spiro atoms. The summed E-state index contributed by atoms with van der Waals surface area (Å²) in [6.45, 7) is 3.36. The van der Waals surface area contributed by atoms with E-state index in [4.69, 9.17) is 4.74 Å². The van der Waals surface area contributed by atoms with Crippen molar-refractivity contribution in [2.75, 3.05) is 6.54 Å². The van der Waals surface area contributed by atoms with E-state index >= 15 is 0 Å². The molecule has 0 aliphatic carbocycles. The normalized spacial score (nSPS) is 10.8. The first-order valence-corrected chi connectivity index (χ1v) is 8.80. The quantitative estimate of drug-likeness (QED) is 0.495. The number of esters is 1. The molecule has 1 aromatic carbocycles. The van der Waals surface area contributed by atoms with Gasteiger partial charge in [-0.15, -0.1) is 0 Å². The summed E-state index contributed by atoms with van der Waals surface area (Å²) in [4.78, 5) is 25.5. The Bertz CT molecular complexity index is 756. The Morgan fingerprint density at radius 3 is 2.50 bits per heavy atom. The van der Waals surface area contributed by atoms with Crippen LogP contribution in [0.1, 0.15) is 19.4 Å². The number of H-pyrrole nitrogens is 1. The zero-order chi connectivity index (χ0) is 16.4. The molecule has 1 amide bonds. The summed E-state index contributed by atoms with van der Waals surface area (Å²) in [5.41, 5.74) is 1.89. The van der Waals surface area contributed by atoms with Crippen molar-refractivity contribution in [2.45, 2.75) is 20.3 Å². The molecule has 22 heavy (non-hydrogen) atoms.